The second-order valence-corrected chi connectivity index (χ2v) is 5.32. The fraction of sp³-hybridized carbons (Fsp3) is 0.357. The smallest absolute Gasteiger partial charge is 0.127 e. The summed E-state index contributed by atoms with van der Waals surface area (Å²) >= 11 is 3.47. The quantitative estimate of drug-likeness (QED) is 0.920. The van der Waals surface area contributed by atoms with Gasteiger partial charge in [-0.2, -0.15) is 5.10 Å². The van der Waals surface area contributed by atoms with Gasteiger partial charge in [-0.15, -0.1) is 0 Å². The maximum absolute atomic E-state index is 5.90. The van der Waals surface area contributed by atoms with Crippen LogP contribution >= 0.6 is 15.9 Å². The van der Waals surface area contributed by atoms with Crippen LogP contribution in [0, 0.1) is 6.92 Å². The molecule has 0 saturated heterocycles. The predicted molar refractivity (Wildman–Crippen MR) is 79.0 cm³/mol. The lowest BCUT2D eigenvalue weighted by Gasteiger charge is -2.13. The van der Waals surface area contributed by atoms with Crippen molar-refractivity contribution in [2.24, 2.45) is 5.73 Å². The van der Waals surface area contributed by atoms with E-state index in [1.54, 1.807) is 0 Å². The van der Waals surface area contributed by atoms with E-state index in [1.165, 1.54) is 0 Å². The Bertz CT molecular complexity index is 566. The lowest BCUT2D eigenvalue weighted by Crippen LogP contribution is -2.04. The summed E-state index contributed by atoms with van der Waals surface area (Å²) in [5.74, 6) is 0.870. The summed E-state index contributed by atoms with van der Waals surface area (Å²) in [6.45, 7) is 5.92. The van der Waals surface area contributed by atoms with Crippen molar-refractivity contribution in [2.75, 3.05) is 0 Å². The maximum atomic E-state index is 5.90. The molecule has 0 atom stereocenters. The summed E-state index contributed by atoms with van der Waals surface area (Å²) in [6, 6.07) is 4.03. The SMILES string of the molecule is CCn1cc(COc2c(C)cc(Br)cc2CN)cn1. The zero-order valence-electron chi connectivity index (χ0n) is 11.2. The van der Waals surface area contributed by atoms with Crippen LogP contribution in [-0.4, -0.2) is 9.78 Å². The first-order chi connectivity index (χ1) is 9.13. The molecule has 0 amide bonds. The number of halogens is 1. The van der Waals surface area contributed by atoms with E-state index in [1.807, 2.05) is 36.1 Å². The lowest BCUT2D eigenvalue weighted by molar-refractivity contribution is 0.300. The second-order valence-electron chi connectivity index (χ2n) is 4.41. The van der Waals surface area contributed by atoms with Gasteiger partial charge in [-0.05, 0) is 31.5 Å². The van der Waals surface area contributed by atoms with Crippen LogP contribution in [0.3, 0.4) is 0 Å². The van der Waals surface area contributed by atoms with Crippen molar-refractivity contribution in [3.8, 4) is 5.75 Å². The molecule has 1 aromatic carbocycles. The zero-order chi connectivity index (χ0) is 13.8. The molecule has 102 valence electrons. The molecule has 0 saturated carbocycles. The third kappa shape index (κ3) is 3.36. The maximum Gasteiger partial charge on any atom is 0.127 e. The Kier molecular flexibility index (Phi) is 4.61. The largest absolute Gasteiger partial charge is 0.488 e. The molecule has 2 N–H and O–H groups in total. The van der Waals surface area contributed by atoms with Gasteiger partial charge in [0.25, 0.3) is 0 Å². The predicted octanol–water partition coefficient (Wildman–Crippen LogP) is 3.01. The first-order valence-electron chi connectivity index (χ1n) is 6.27. The number of hydrogen-bond acceptors (Lipinski definition) is 3. The number of rotatable bonds is 5. The third-order valence-electron chi connectivity index (χ3n) is 2.93. The third-order valence-corrected chi connectivity index (χ3v) is 3.39. The molecule has 2 rings (SSSR count). The van der Waals surface area contributed by atoms with Gasteiger partial charge in [0.15, 0.2) is 0 Å². The first kappa shape index (κ1) is 14.1. The summed E-state index contributed by atoms with van der Waals surface area (Å²) in [6.07, 6.45) is 3.83. The van der Waals surface area contributed by atoms with E-state index in [-0.39, 0.29) is 0 Å². The average Bonchev–Trinajstić information content (AvgIpc) is 2.84. The van der Waals surface area contributed by atoms with Crippen LogP contribution in [0.15, 0.2) is 29.0 Å². The minimum Gasteiger partial charge on any atom is -0.488 e. The summed E-state index contributed by atoms with van der Waals surface area (Å²) in [5, 5.41) is 4.23. The minimum atomic E-state index is 0.462. The highest BCUT2D eigenvalue weighted by Crippen LogP contribution is 2.28. The minimum absolute atomic E-state index is 0.462. The number of hydrogen-bond donors (Lipinski definition) is 1. The van der Waals surface area contributed by atoms with E-state index in [0.717, 1.165) is 33.5 Å². The molecule has 0 aliphatic rings. The van der Waals surface area contributed by atoms with E-state index in [9.17, 15) is 0 Å². The van der Waals surface area contributed by atoms with Gasteiger partial charge in [0, 0.05) is 34.9 Å². The molecule has 19 heavy (non-hydrogen) atoms. The van der Waals surface area contributed by atoms with E-state index in [4.69, 9.17) is 10.5 Å². The van der Waals surface area contributed by atoms with Crippen LogP contribution in [0.2, 0.25) is 0 Å². The molecule has 0 aliphatic carbocycles. The van der Waals surface area contributed by atoms with Crippen molar-refractivity contribution in [3.63, 3.8) is 0 Å². The summed E-state index contributed by atoms with van der Waals surface area (Å²) in [4.78, 5) is 0. The molecular weight excluding hydrogens is 306 g/mol. The van der Waals surface area contributed by atoms with E-state index < -0.39 is 0 Å². The lowest BCUT2D eigenvalue weighted by atomic mass is 10.1. The Morgan fingerprint density at radius 3 is 2.84 bits per heavy atom. The van der Waals surface area contributed by atoms with Crippen LogP contribution in [0.5, 0.6) is 5.75 Å². The summed E-state index contributed by atoms with van der Waals surface area (Å²) in [7, 11) is 0. The molecule has 0 spiro atoms. The van der Waals surface area contributed by atoms with Gasteiger partial charge in [-0.3, -0.25) is 4.68 Å². The first-order valence-corrected chi connectivity index (χ1v) is 7.06. The Hall–Kier alpha value is -1.33. The zero-order valence-corrected chi connectivity index (χ0v) is 12.8. The van der Waals surface area contributed by atoms with Gasteiger partial charge < -0.3 is 10.5 Å². The van der Waals surface area contributed by atoms with Crippen LogP contribution in [0.25, 0.3) is 0 Å². The van der Waals surface area contributed by atoms with Crippen molar-refractivity contribution >= 4 is 15.9 Å². The molecule has 0 aliphatic heterocycles. The molecule has 5 heteroatoms. The molecule has 4 nitrogen and oxygen atoms in total. The van der Waals surface area contributed by atoms with Crippen molar-refractivity contribution in [1.82, 2.24) is 9.78 Å². The highest BCUT2D eigenvalue weighted by molar-refractivity contribution is 9.10. The fourth-order valence-electron chi connectivity index (χ4n) is 1.97. The highest BCUT2D eigenvalue weighted by Gasteiger charge is 2.09. The van der Waals surface area contributed by atoms with Crippen LogP contribution in [0.4, 0.5) is 0 Å². The topological polar surface area (TPSA) is 53.1 Å². The van der Waals surface area contributed by atoms with Crippen LogP contribution in [-0.2, 0) is 19.7 Å². The molecule has 0 radical (unpaired) electrons. The van der Waals surface area contributed by atoms with Crippen molar-refractivity contribution < 1.29 is 4.74 Å². The number of aromatic nitrogens is 2. The molecule has 2 aromatic rings. The van der Waals surface area contributed by atoms with Gasteiger partial charge >= 0.3 is 0 Å². The normalized spacial score (nSPS) is 10.7. The summed E-state index contributed by atoms with van der Waals surface area (Å²) in [5.41, 5.74) is 8.92. The number of nitrogens with zero attached hydrogens (tertiary/aromatic N) is 2. The average molecular weight is 324 g/mol. The summed E-state index contributed by atoms with van der Waals surface area (Å²) < 4.78 is 8.81. The van der Waals surface area contributed by atoms with Gasteiger partial charge in [0.05, 0.1) is 6.20 Å². The van der Waals surface area contributed by atoms with Crippen molar-refractivity contribution in [2.45, 2.75) is 33.5 Å². The molecule has 1 aromatic heterocycles. The molecular formula is C14H18BrN3O. The highest BCUT2D eigenvalue weighted by atomic mass is 79.9. The van der Waals surface area contributed by atoms with E-state index in [2.05, 4.69) is 28.0 Å². The van der Waals surface area contributed by atoms with Gasteiger partial charge in [-0.25, -0.2) is 0 Å². The number of aryl methyl sites for hydroxylation is 2. The molecule has 0 unspecified atom stereocenters. The molecule has 0 bridgehead atoms. The van der Waals surface area contributed by atoms with Crippen molar-refractivity contribution in [3.05, 3.63) is 45.7 Å². The van der Waals surface area contributed by atoms with Crippen molar-refractivity contribution in [1.29, 1.82) is 0 Å². The Morgan fingerprint density at radius 1 is 1.42 bits per heavy atom. The molecule has 0 fully saturated rings. The van der Waals surface area contributed by atoms with Gasteiger partial charge in [-0.1, -0.05) is 15.9 Å². The number of ether oxygens (including phenoxy) is 1. The monoisotopic (exact) mass is 323 g/mol. The Balaban J connectivity index is 2.14. The number of nitrogens with two attached hydrogens (primary N) is 1. The standard InChI is InChI=1S/C14H18BrN3O/c1-3-18-8-11(7-17-18)9-19-14-10(2)4-13(15)5-12(14)6-16/h4-5,7-8H,3,6,9,16H2,1-2H3. The van der Waals surface area contributed by atoms with E-state index >= 15 is 0 Å². The Labute approximate surface area is 121 Å². The van der Waals surface area contributed by atoms with Gasteiger partial charge in [0.2, 0.25) is 0 Å². The van der Waals surface area contributed by atoms with Gasteiger partial charge in [0.1, 0.15) is 12.4 Å². The van der Waals surface area contributed by atoms with Crippen LogP contribution < -0.4 is 10.5 Å². The fourth-order valence-corrected chi connectivity index (χ4v) is 2.59. The molecule has 1 heterocycles. The van der Waals surface area contributed by atoms with Crippen LogP contribution in [0.1, 0.15) is 23.6 Å². The second kappa shape index (κ2) is 6.21. The number of benzene rings is 1. The Morgan fingerprint density at radius 2 is 2.21 bits per heavy atom. The van der Waals surface area contributed by atoms with E-state index in [0.29, 0.717) is 13.2 Å².